The molecule has 0 atom stereocenters. The summed E-state index contributed by atoms with van der Waals surface area (Å²) in [5, 5.41) is 17.4. The molecule has 1 aliphatic rings. The van der Waals surface area contributed by atoms with E-state index < -0.39 is 11.0 Å². The van der Waals surface area contributed by atoms with Gasteiger partial charge in [0, 0.05) is 24.2 Å². The van der Waals surface area contributed by atoms with Gasteiger partial charge in [-0.2, -0.15) is 4.98 Å². The van der Waals surface area contributed by atoms with E-state index in [1.807, 2.05) is 52.8 Å². The summed E-state index contributed by atoms with van der Waals surface area (Å²) in [4.78, 5) is 24.0. The van der Waals surface area contributed by atoms with E-state index in [0.717, 1.165) is 48.3 Å². The molecule has 0 radical (unpaired) electrons. The molecule has 1 fully saturated rings. The van der Waals surface area contributed by atoms with Crippen LogP contribution in [0.4, 0.5) is 17.5 Å². The lowest BCUT2D eigenvalue weighted by Gasteiger charge is -2.36. The molecule has 4 rings (SSSR count). The number of piperidine rings is 1. The molecule has 0 bridgehead atoms. The number of likely N-dealkylation sites (tertiary alicyclic amines) is 1. The van der Waals surface area contributed by atoms with Crippen LogP contribution in [0.5, 0.6) is 0 Å². The molecule has 0 unspecified atom stereocenters. The zero-order chi connectivity index (χ0) is 30.8. The van der Waals surface area contributed by atoms with Crippen LogP contribution in [0, 0.1) is 20.8 Å². The van der Waals surface area contributed by atoms with E-state index >= 15 is 0 Å². The number of benzene rings is 2. The Labute approximate surface area is 256 Å². The second-order valence-electron chi connectivity index (χ2n) is 13.0. The molecule has 0 aliphatic carbocycles. The number of anilines is 3. The molecule has 2 aromatic carbocycles. The van der Waals surface area contributed by atoms with E-state index in [1.54, 1.807) is 13.1 Å². The molecule has 0 saturated carbocycles. The Balaban J connectivity index is 1.48. The number of hydrogen-bond acceptors (Lipinski definition) is 7. The van der Waals surface area contributed by atoms with Crippen LogP contribution in [0.25, 0.3) is 0 Å². The molecule has 1 aliphatic heterocycles. The van der Waals surface area contributed by atoms with E-state index in [-0.39, 0.29) is 5.78 Å². The fraction of sp³-hybridized carbons (Fsp3) is 0.500. The first-order valence-electron chi connectivity index (χ1n) is 14.9. The zero-order valence-electron chi connectivity index (χ0n) is 26.4. The fourth-order valence-corrected chi connectivity index (χ4v) is 6.32. The topological polar surface area (TPSA) is 90.4 Å². The average Bonchev–Trinajstić information content (AvgIpc) is 2.91. The van der Waals surface area contributed by atoms with Gasteiger partial charge >= 0.3 is 0 Å². The Bertz CT molecular complexity index is 1440. The van der Waals surface area contributed by atoms with Crippen LogP contribution in [-0.4, -0.2) is 51.0 Å². The van der Waals surface area contributed by atoms with Crippen molar-refractivity contribution in [2.75, 3.05) is 30.3 Å². The van der Waals surface area contributed by atoms with Gasteiger partial charge in [0.2, 0.25) is 5.95 Å². The van der Waals surface area contributed by atoms with Crippen molar-refractivity contribution in [3.63, 3.8) is 0 Å². The number of hydrogen-bond donors (Lipinski definition) is 3. The molecule has 3 aromatic rings. The number of β-amino-alcohol motifs (C(OH)–C–C–N with tert-alkyl or cyclic N) is 1. The maximum Gasteiger partial charge on any atom is 0.229 e. The van der Waals surface area contributed by atoms with Crippen molar-refractivity contribution >= 4 is 34.8 Å². The number of aromatic nitrogens is 2. The number of ketones is 1. The van der Waals surface area contributed by atoms with Crippen LogP contribution < -0.4 is 10.6 Å². The number of aliphatic hydroxyl groups is 1. The molecular weight excluding hydrogens is 546 g/mol. The monoisotopic (exact) mass is 591 g/mol. The highest BCUT2D eigenvalue weighted by Gasteiger charge is 2.30. The minimum atomic E-state index is -0.665. The molecule has 1 aromatic heterocycles. The molecule has 0 spiro atoms. The highest BCUT2D eigenvalue weighted by atomic mass is 35.5. The lowest BCUT2D eigenvalue weighted by atomic mass is 9.76. The molecule has 7 nitrogen and oxygen atoms in total. The molecule has 226 valence electrons. The van der Waals surface area contributed by atoms with E-state index in [2.05, 4.69) is 46.5 Å². The van der Waals surface area contributed by atoms with Crippen LogP contribution in [-0.2, 0) is 16.8 Å². The Hall–Kier alpha value is -3.00. The minimum absolute atomic E-state index is 0.123. The standard InChI is InChI=1S/C34H46ClN5O2/c1-21-10-9-11-26(30(21)34(7,8)24(4)41)18-36-31-28(35)19-37-32(39-31)38-29-13-12-27(22(2)23(29)3)25-14-16-40(17-15-25)20-33(5,6)42/h9-13,19,25,42H,14-18,20H2,1-8H3,(H2,36,37,38,39). The Morgan fingerprint density at radius 3 is 2.40 bits per heavy atom. The molecule has 1 saturated heterocycles. The summed E-state index contributed by atoms with van der Waals surface area (Å²) in [7, 11) is 0. The lowest BCUT2D eigenvalue weighted by molar-refractivity contribution is -0.121. The van der Waals surface area contributed by atoms with Gasteiger partial charge in [0.15, 0.2) is 5.82 Å². The summed E-state index contributed by atoms with van der Waals surface area (Å²) < 4.78 is 0. The van der Waals surface area contributed by atoms with Crippen molar-refractivity contribution in [2.45, 2.75) is 91.7 Å². The maximum atomic E-state index is 12.5. The quantitative estimate of drug-likeness (QED) is 0.229. The van der Waals surface area contributed by atoms with Gasteiger partial charge in [0.05, 0.1) is 11.8 Å². The SMILES string of the molecule is CC(=O)C(C)(C)c1c(C)cccc1CNc1nc(Nc2ccc(C3CCN(CC(C)(C)O)CC3)c(C)c2C)ncc1Cl. The molecule has 2 heterocycles. The predicted molar refractivity (Wildman–Crippen MR) is 173 cm³/mol. The number of aryl methyl sites for hydroxylation is 1. The molecule has 3 N–H and O–H groups in total. The summed E-state index contributed by atoms with van der Waals surface area (Å²) in [6.07, 6.45) is 3.78. The summed E-state index contributed by atoms with van der Waals surface area (Å²) in [5.74, 6) is 1.63. The van der Waals surface area contributed by atoms with Gasteiger partial charge in [-0.1, -0.05) is 35.9 Å². The van der Waals surface area contributed by atoms with Gasteiger partial charge in [0.1, 0.15) is 10.8 Å². The van der Waals surface area contributed by atoms with Gasteiger partial charge in [-0.15, -0.1) is 0 Å². The summed E-state index contributed by atoms with van der Waals surface area (Å²) in [6, 6.07) is 10.4. The lowest BCUT2D eigenvalue weighted by Crippen LogP contribution is -2.42. The third-order valence-electron chi connectivity index (χ3n) is 8.77. The number of nitrogens with zero attached hydrogens (tertiary/aromatic N) is 3. The predicted octanol–water partition coefficient (Wildman–Crippen LogP) is 7.23. The van der Waals surface area contributed by atoms with Gasteiger partial charge < -0.3 is 20.6 Å². The van der Waals surface area contributed by atoms with Crippen molar-refractivity contribution in [1.82, 2.24) is 14.9 Å². The maximum absolute atomic E-state index is 12.5. The summed E-state index contributed by atoms with van der Waals surface area (Å²) in [6.45, 7) is 18.9. The van der Waals surface area contributed by atoms with Crippen LogP contribution in [0.3, 0.4) is 0 Å². The number of rotatable bonds is 10. The molecule has 0 amide bonds. The summed E-state index contributed by atoms with van der Waals surface area (Å²) >= 11 is 6.50. The zero-order valence-corrected chi connectivity index (χ0v) is 27.1. The smallest absolute Gasteiger partial charge is 0.229 e. The number of carbonyl (C=O) groups excluding carboxylic acids is 1. The van der Waals surface area contributed by atoms with Crippen LogP contribution in [0.1, 0.15) is 86.8 Å². The van der Waals surface area contributed by atoms with Crippen LogP contribution >= 0.6 is 11.6 Å². The van der Waals surface area contributed by atoms with Gasteiger partial charge in [-0.25, -0.2) is 4.98 Å². The summed E-state index contributed by atoms with van der Waals surface area (Å²) in [5.41, 5.74) is 6.70. The molecular formula is C34H46ClN5O2. The van der Waals surface area contributed by atoms with Crippen LogP contribution in [0.15, 0.2) is 36.5 Å². The second kappa shape index (κ2) is 12.7. The van der Waals surface area contributed by atoms with E-state index in [4.69, 9.17) is 16.6 Å². The Morgan fingerprint density at radius 1 is 1.07 bits per heavy atom. The van der Waals surface area contributed by atoms with Gasteiger partial charge in [-0.3, -0.25) is 4.79 Å². The van der Waals surface area contributed by atoms with Crippen molar-refractivity contribution < 1.29 is 9.90 Å². The third-order valence-corrected chi connectivity index (χ3v) is 9.04. The molecule has 8 heteroatoms. The second-order valence-corrected chi connectivity index (χ2v) is 13.4. The van der Waals surface area contributed by atoms with Crippen molar-refractivity contribution in [3.8, 4) is 0 Å². The number of halogens is 1. The Morgan fingerprint density at radius 2 is 1.76 bits per heavy atom. The first-order valence-corrected chi connectivity index (χ1v) is 15.2. The largest absolute Gasteiger partial charge is 0.389 e. The fourth-order valence-electron chi connectivity index (χ4n) is 6.17. The molecule has 42 heavy (non-hydrogen) atoms. The Kier molecular flexibility index (Phi) is 9.65. The van der Waals surface area contributed by atoms with Crippen molar-refractivity contribution in [2.24, 2.45) is 0 Å². The third kappa shape index (κ3) is 7.31. The van der Waals surface area contributed by atoms with E-state index in [9.17, 15) is 9.90 Å². The van der Waals surface area contributed by atoms with E-state index in [0.29, 0.717) is 35.8 Å². The van der Waals surface area contributed by atoms with Crippen molar-refractivity contribution in [3.05, 3.63) is 74.9 Å². The van der Waals surface area contributed by atoms with Gasteiger partial charge in [-0.05, 0) is 127 Å². The number of carbonyl (C=O) groups is 1. The number of nitrogens with one attached hydrogen (secondary N) is 2. The highest BCUT2D eigenvalue weighted by Crippen LogP contribution is 2.35. The van der Waals surface area contributed by atoms with Crippen LogP contribution in [0.2, 0.25) is 5.02 Å². The minimum Gasteiger partial charge on any atom is -0.389 e. The first-order chi connectivity index (χ1) is 19.7. The number of Topliss-reactive ketones (excluding diaryl/α,β-unsaturated/α-hetero) is 1. The average molecular weight is 592 g/mol. The van der Waals surface area contributed by atoms with Crippen molar-refractivity contribution in [1.29, 1.82) is 0 Å². The highest BCUT2D eigenvalue weighted by molar-refractivity contribution is 6.32. The normalized spacial score (nSPS) is 15.1. The first kappa shape index (κ1) is 31.9. The van der Waals surface area contributed by atoms with Gasteiger partial charge in [0.25, 0.3) is 0 Å². The van der Waals surface area contributed by atoms with E-state index in [1.165, 1.54) is 16.7 Å².